The van der Waals surface area contributed by atoms with Crippen LogP contribution in [0.1, 0.15) is 12.5 Å². The molecule has 0 fully saturated rings. The van der Waals surface area contributed by atoms with Gasteiger partial charge in [0.1, 0.15) is 5.82 Å². The minimum absolute atomic E-state index is 0.179. The predicted octanol–water partition coefficient (Wildman–Crippen LogP) is 3.27. The number of nitrogens with one attached hydrogen (secondary N) is 1. The van der Waals surface area contributed by atoms with Gasteiger partial charge >= 0.3 is 0 Å². The van der Waals surface area contributed by atoms with Crippen LogP contribution < -0.4 is 5.32 Å². The van der Waals surface area contributed by atoms with Crippen molar-refractivity contribution >= 4 is 17.7 Å². The highest BCUT2D eigenvalue weighted by atomic mass is 32.2. The van der Waals surface area contributed by atoms with Crippen LogP contribution >= 0.6 is 11.8 Å². The van der Waals surface area contributed by atoms with Gasteiger partial charge in [-0.25, -0.2) is 4.39 Å². The third-order valence-corrected chi connectivity index (χ3v) is 4.10. The molecule has 1 aromatic carbocycles. The normalized spacial score (nSPS) is 12.1. The Kier molecular flexibility index (Phi) is 4.95. The van der Waals surface area contributed by atoms with E-state index in [0.717, 1.165) is 17.3 Å². The van der Waals surface area contributed by atoms with E-state index in [1.54, 1.807) is 31.2 Å². The summed E-state index contributed by atoms with van der Waals surface area (Å²) < 4.78 is 23.5. The summed E-state index contributed by atoms with van der Waals surface area (Å²) in [6.07, 6.45) is 1.51. The Morgan fingerprint density at radius 1 is 1.29 bits per heavy atom. The van der Waals surface area contributed by atoms with Gasteiger partial charge in [0.25, 0.3) is 11.1 Å². The number of halogens is 1. The Labute approximate surface area is 141 Å². The molecule has 0 aliphatic heterocycles. The fraction of sp³-hybridized carbons (Fsp3) is 0.188. The minimum Gasteiger partial charge on any atom is -0.459 e. The Morgan fingerprint density at radius 2 is 2.08 bits per heavy atom. The van der Waals surface area contributed by atoms with Crippen molar-refractivity contribution in [3.63, 3.8) is 0 Å². The van der Waals surface area contributed by atoms with Crippen LogP contribution in [0, 0.1) is 5.82 Å². The molecular formula is C16H14FN3O3S. The maximum Gasteiger partial charge on any atom is 0.284 e. The molecule has 1 amide bonds. The summed E-state index contributed by atoms with van der Waals surface area (Å²) in [5.74, 6) is 0.254. The zero-order valence-corrected chi connectivity index (χ0v) is 13.5. The highest BCUT2D eigenvalue weighted by molar-refractivity contribution is 8.00. The first kappa shape index (κ1) is 16.3. The molecule has 0 aliphatic carbocycles. The Hall–Kier alpha value is -2.61. The summed E-state index contributed by atoms with van der Waals surface area (Å²) >= 11 is 1.15. The summed E-state index contributed by atoms with van der Waals surface area (Å²) in [6, 6.07) is 9.39. The fourth-order valence-electron chi connectivity index (χ4n) is 1.90. The number of furan rings is 1. The predicted molar refractivity (Wildman–Crippen MR) is 85.6 cm³/mol. The lowest BCUT2D eigenvalue weighted by molar-refractivity contribution is -0.120. The zero-order valence-electron chi connectivity index (χ0n) is 12.7. The molecule has 8 heteroatoms. The van der Waals surface area contributed by atoms with Crippen LogP contribution in [0.15, 0.2) is 56.7 Å². The van der Waals surface area contributed by atoms with Crippen LogP contribution in [0.4, 0.5) is 4.39 Å². The lowest BCUT2D eigenvalue weighted by Crippen LogP contribution is -2.30. The monoisotopic (exact) mass is 347 g/mol. The topological polar surface area (TPSA) is 81.2 Å². The maximum absolute atomic E-state index is 12.8. The maximum atomic E-state index is 12.8. The first-order chi connectivity index (χ1) is 11.6. The average Bonchev–Trinajstić information content (AvgIpc) is 3.25. The highest BCUT2D eigenvalue weighted by Crippen LogP contribution is 2.26. The lowest BCUT2D eigenvalue weighted by Gasteiger charge is -2.09. The van der Waals surface area contributed by atoms with E-state index in [9.17, 15) is 9.18 Å². The molecule has 1 unspecified atom stereocenters. The quantitative estimate of drug-likeness (QED) is 0.689. The third kappa shape index (κ3) is 4.02. The van der Waals surface area contributed by atoms with E-state index in [-0.39, 0.29) is 22.8 Å². The fourth-order valence-corrected chi connectivity index (χ4v) is 2.60. The molecule has 0 saturated carbocycles. The average molecular weight is 347 g/mol. The Bertz CT molecular complexity index is 802. The standard InChI is InChI=1S/C16H14FN3O3S/c1-10(14(21)18-9-11-4-6-12(17)7-5-11)24-16-20-19-15(23-16)13-3-2-8-22-13/h2-8,10H,9H2,1H3,(H,18,21). The Balaban J connectivity index is 1.53. The van der Waals surface area contributed by atoms with Crippen LogP contribution in [0.3, 0.4) is 0 Å². The number of nitrogens with zero attached hydrogens (tertiary/aromatic N) is 2. The van der Waals surface area contributed by atoms with E-state index in [1.807, 2.05) is 0 Å². The van der Waals surface area contributed by atoms with Gasteiger partial charge in [-0.1, -0.05) is 23.9 Å². The second kappa shape index (κ2) is 7.31. The molecule has 0 radical (unpaired) electrons. The molecule has 2 heterocycles. The van der Waals surface area contributed by atoms with E-state index in [1.165, 1.54) is 18.4 Å². The molecule has 24 heavy (non-hydrogen) atoms. The number of hydrogen-bond acceptors (Lipinski definition) is 6. The number of thioether (sulfide) groups is 1. The van der Waals surface area contributed by atoms with Gasteiger partial charge in [-0.3, -0.25) is 4.79 Å². The van der Waals surface area contributed by atoms with E-state index in [4.69, 9.17) is 8.83 Å². The van der Waals surface area contributed by atoms with Crippen molar-refractivity contribution in [2.75, 3.05) is 0 Å². The second-order valence-electron chi connectivity index (χ2n) is 4.95. The number of carbonyl (C=O) groups is 1. The van der Waals surface area contributed by atoms with Gasteiger partial charge in [-0.15, -0.1) is 10.2 Å². The minimum atomic E-state index is -0.421. The molecule has 1 atom stereocenters. The zero-order chi connectivity index (χ0) is 16.9. The van der Waals surface area contributed by atoms with Crippen LogP contribution in [0.25, 0.3) is 11.7 Å². The van der Waals surface area contributed by atoms with Crippen LogP contribution in [-0.2, 0) is 11.3 Å². The van der Waals surface area contributed by atoms with Gasteiger partial charge in [-0.2, -0.15) is 0 Å². The number of aromatic nitrogens is 2. The third-order valence-electron chi connectivity index (χ3n) is 3.17. The largest absolute Gasteiger partial charge is 0.459 e. The first-order valence-corrected chi connectivity index (χ1v) is 8.06. The van der Waals surface area contributed by atoms with Crippen molar-refractivity contribution in [1.29, 1.82) is 0 Å². The first-order valence-electron chi connectivity index (χ1n) is 7.18. The van der Waals surface area contributed by atoms with Crippen molar-refractivity contribution in [3.8, 4) is 11.7 Å². The number of benzene rings is 1. The molecule has 3 aromatic rings. The summed E-state index contributed by atoms with van der Waals surface area (Å²) in [6.45, 7) is 2.06. The molecule has 0 saturated heterocycles. The summed E-state index contributed by atoms with van der Waals surface area (Å²) in [5, 5.41) is 10.4. The second-order valence-corrected chi connectivity index (χ2v) is 6.25. The summed E-state index contributed by atoms with van der Waals surface area (Å²) in [7, 11) is 0. The molecule has 0 bridgehead atoms. The van der Waals surface area contributed by atoms with Crippen molar-refractivity contribution in [3.05, 3.63) is 54.0 Å². The van der Waals surface area contributed by atoms with Gasteiger partial charge in [0, 0.05) is 6.54 Å². The number of rotatable bonds is 6. The molecule has 124 valence electrons. The molecule has 0 aliphatic rings. The van der Waals surface area contributed by atoms with Crippen molar-refractivity contribution < 1.29 is 18.0 Å². The van der Waals surface area contributed by atoms with Crippen LogP contribution in [0.2, 0.25) is 0 Å². The molecule has 0 spiro atoms. The van der Waals surface area contributed by atoms with Gasteiger partial charge in [-0.05, 0) is 36.8 Å². The van der Waals surface area contributed by atoms with E-state index < -0.39 is 5.25 Å². The van der Waals surface area contributed by atoms with Crippen LogP contribution in [-0.4, -0.2) is 21.4 Å². The molecule has 6 nitrogen and oxygen atoms in total. The highest BCUT2D eigenvalue weighted by Gasteiger charge is 2.19. The summed E-state index contributed by atoms with van der Waals surface area (Å²) in [5.41, 5.74) is 0.819. The Morgan fingerprint density at radius 3 is 2.79 bits per heavy atom. The molecule has 1 N–H and O–H groups in total. The molecular weight excluding hydrogens is 333 g/mol. The smallest absolute Gasteiger partial charge is 0.284 e. The van der Waals surface area contributed by atoms with Crippen LogP contribution in [0.5, 0.6) is 0 Å². The van der Waals surface area contributed by atoms with Gasteiger partial charge < -0.3 is 14.2 Å². The molecule has 3 rings (SSSR count). The van der Waals surface area contributed by atoms with Gasteiger partial charge in [0.05, 0.1) is 11.5 Å². The number of hydrogen-bond donors (Lipinski definition) is 1. The number of carbonyl (C=O) groups excluding carboxylic acids is 1. The van der Waals surface area contributed by atoms with E-state index >= 15 is 0 Å². The van der Waals surface area contributed by atoms with Gasteiger partial charge in [0.2, 0.25) is 5.91 Å². The number of amides is 1. The van der Waals surface area contributed by atoms with Gasteiger partial charge in [0.15, 0.2) is 5.76 Å². The van der Waals surface area contributed by atoms with E-state index in [2.05, 4.69) is 15.5 Å². The SMILES string of the molecule is CC(Sc1nnc(-c2ccco2)o1)C(=O)NCc1ccc(F)cc1. The van der Waals surface area contributed by atoms with Crippen molar-refractivity contribution in [2.45, 2.75) is 23.9 Å². The molecule has 2 aromatic heterocycles. The van der Waals surface area contributed by atoms with Crippen molar-refractivity contribution in [2.24, 2.45) is 0 Å². The van der Waals surface area contributed by atoms with Crippen molar-refractivity contribution in [1.82, 2.24) is 15.5 Å². The summed E-state index contributed by atoms with van der Waals surface area (Å²) in [4.78, 5) is 12.1. The van der Waals surface area contributed by atoms with E-state index in [0.29, 0.717) is 12.3 Å². The lowest BCUT2D eigenvalue weighted by atomic mass is 10.2.